The maximum atomic E-state index is 10.9. The third-order valence-electron chi connectivity index (χ3n) is 2.78. The van der Waals surface area contributed by atoms with Crippen LogP contribution in [-0.2, 0) is 0 Å². The molecule has 2 aromatic rings. The van der Waals surface area contributed by atoms with Gasteiger partial charge >= 0.3 is 0 Å². The second kappa shape index (κ2) is 6.56. The highest BCUT2D eigenvalue weighted by atomic mass is 16.6. The summed E-state index contributed by atoms with van der Waals surface area (Å²) in [5, 5.41) is 14.0. The van der Waals surface area contributed by atoms with Crippen LogP contribution in [0.15, 0.2) is 48.5 Å². The maximum absolute atomic E-state index is 10.9. The minimum absolute atomic E-state index is 0.0790. The summed E-state index contributed by atoms with van der Waals surface area (Å²) in [6.45, 7) is 2.84. The number of benzene rings is 2. The highest BCUT2D eigenvalue weighted by molar-refractivity contribution is 5.62. The lowest BCUT2D eigenvalue weighted by atomic mass is 10.2. The minimum Gasteiger partial charge on any atom is -0.492 e. The van der Waals surface area contributed by atoms with Crippen LogP contribution in [0.5, 0.6) is 5.75 Å². The fraction of sp³-hybridized carbons (Fsp3) is 0.200. The number of para-hydroxylation sites is 1. The standard InChI is InChI=1S/C15H16N2O3/c1-12-7-8-15(17(18)19)14(11-12)16-9-10-20-13-5-3-2-4-6-13/h2-8,11,16H,9-10H2,1H3. The number of hydrogen-bond donors (Lipinski definition) is 1. The Kier molecular flexibility index (Phi) is 4.55. The number of hydrogen-bond acceptors (Lipinski definition) is 4. The van der Waals surface area contributed by atoms with E-state index in [1.807, 2.05) is 37.3 Å². The molecule has 0 aliphatic rings. The number of ether oxygens (including phenoxy) is 1. The number of nitrogens with one attached hydrogen (secondary N) is 1. The van der Waals surface area contributed by atoms with Crippen LogP contribution >= 0.6 is 0 Å². The van der Waals surface area contributed by atoms with E-state index in [9.17, 15) is 10.1 Å². The number of aryl methyl sites for hydroxylation is 1. The summed E-state index contributed by atoms with van der Waals surface area (Å²) in [5.74, 6) is 0.785. The zero-order valence-electron chi connectivity index (χ0n) is 11.2. The monoisotopic (exact) mass is 272 g/mol. The van der Waals surface area contributed by atoms with Gasteiger partial charge in [-0.15, -0.1) is 0 Å². The van der Waals surface area contributed by atoms with Gasteiger partial charge in [-0.2, -0.15) is 0 Å². The van der Waals surface area contributed by atoms with E-state index >= 15 is 0 Å². The van der Waals surface area contributed by atoms with Crippen molar-refractivity contribution in [1.82, 2.24) is 0 Å². The molecular formula is C15H16N2O3. The summed E-state index contributed by atoms with van der Waals surface area (Å²) in [6, 6.07) is 14.5. The van der Waals surface area contributed by atoms with E-state index in [1.54, 1.807) is 12.1 Å². The zero-order valence-corrected chi connectivity index (χ0v) is 11.2. The predicted octanol–water partition coefficient (Wildman–Crippen LogP) is 3.39. The molecule has 5 heteroatoms. The molecule has 0 aliphatic carbocycles. The third-order valence-corrected chi connectivity index (χ3v) is 2.78. The predicted molar refractivity (Wildman–Crippen MR) is 78.3 cm³/mol. The molecule has 0 atom stereocenters. The summed E-state index contributed by atoms with van der Waals surface area (Å²) in [5.41, 5.74) is 1.57. The van der Waals surface area contributed by atoms with Gasteiger partial charge in [0.2, 0.25) is 0 Å². The molecule has 2 aromatic carbocycles. The summed E-state index contributed by atoms with van der Waals surface area (Å²) in [6.07, 6.45) is 0. The van der Waals surface area contributed by atoms with Crippen molar-refractivity contribution >= 4 is 11.4 Å². The normalized spacial score (nSPS) is 10.1. The number of nitrogens with zero attached hydrogens (tertiary/aromatic N) is 1. The van der Waals surface area contributed by atoms with Gasteiger partial charge in [0.05, 0.1) is 4.92 Å². The first-order valence-corrected chi connectivity index (χ1v) is 6.33. The quantitative estimate of drug-likeness (QED) is 0.497. The smallest absolute Gasteiger partial charge is 0.292 e. The van der Waals surface area contributed by atoms with E-state index < -0.39 is 0 Å². The van der Waals surface area contributed by atoms with E-state index in [0.29, 0.717) is 18.8 Å². The SMILES string of the molecule is Cc1ccc([N+](=O)[O-])c(NCCOc2ccccc2)c1. The first-order chi connectivity index (χ1) is 9.66. The van der Waals surface area contributed by atoms with E-state index in [0.717, 1.165) is 11.3 Å². The Balaban J connectivity index is 1.91. The van der Waals surface area contributed by atoms with Crippen molar-refractivity contribution in [3.63, 3.8) is 0 Å². The Morgan fingerprint density at radius 3 is 2.65 bits per heavy atom. The van der Waals surface area contributed by atoms with E-state index in [4.69, 9.17) is 4.74 Å². The van der Waals surface area contributed by atoms with Gasteiger partial charge in [-0.05, 0) is 30.7 Å². The summed E-state index contributed by atoms with van der Waals surface area (Å²) >= 11 is 0. The average molecular weight is 272 g/mol. The van der Waals surface area contributed by atoms with Gasteiger partial charge in [0.15, 0.2) is 0 Å². The lowest BCUT2D eigenvalue weighted by molar-refractivity contribution is -0.384. The van der Waals surface area contributed by atoms with Gasteiger partial charge in [0, 0.05) is 12.6 Å². The van der Waals surface area contributed by atoms with Gasteiger partial charge in [0.1, 0.15) is 18.0 Å². The van der Waals surface area contributed by atoms with E-state index in [1.165, 1.54) is 6.07 Å². The van der Waals surface area contributed by atoms with Gasteiger partial charge in [-0.25, -0.2) is 0 Å². The van der Waals surface area contributed by atoms with Crippen molar-refractivity contribution in [2.45, 2.75) is 6.92 Å². The van der Waals surface area contributed by atoms with Crippen LogP contribution in [0.25, 0.3) is 0 Å². The molecule has 2 rings (SSSR count). The third kappa shape index (κ3) is 3.71. The molecule has 0 radical (unpaired) electrons. The Morgan fingerprint density at radius 2 is 1.95 bits per heavy atom. The Morgan fingerprint density at radius 1 is 1.20 bits per heavy atom. The highest BCUT2D eigenvalue weighted by Gasteiger charge is 2.12. The molecular weight excluding hydrogens is 256 g/mol. The van der Waals surface area contributed by atoms with Crippen LogP contribution in [-0.4, -0.2) is 18.1 Å². The van der Waals surface area contributed by atoms with Gasteiger partial charge < -0.3 is 10.1 Å². The first kappa shape index (κ1) is 13.9. The van der Waals surface area contributed by atoms with Crippen molar-refractivity contribution in [3.8, 4) is 5.75 Å². The fourth-order valence-corrected chi connectivity index (χ4v) is 1.82. The molecule has 104 valence electrons. The number of nitro benzene ring substituents is 1. The molecule has 0 saturated heterocycles. The fourth-order valence-electron chi connectivity index (χ4n) is 1.82. The number of nitro groups is 1. The molecule has 0 heterocycles. The van der Waals surface area contributed by atoms with Crippen LogP contribution in [0.4, 0.5) is 11.4 Å². The second-order valence-electron chi connectivity index (χ2n) is 4.37. The van der Waals surface area contributed by atoms with Crippen LogP contribution in [0, 0.1) is 17.0 Å². The molecule has 0 fully saturated rings. The number of anilines is 1. The summed E-state index contributed by atoms with van der Waals surface area (Å²) in [4.78, 5) is 10.5. The van der Waals surface area contributed by atoms with Crippen molar-refractivity contribution in [1.29, 1.82) is 0 Å². The van der Waals surface area contributed by atoms with Crippen molar-refractivity contribution in [3.05, 3.63) is 64.2 Å². The van der Waals surface area contributed by atoms with Crippen LogP contribution in [0.2, 0.25) is 0 Å². The zero-order chi connectivity index (χ0) is 14.4. The topological polar surface area (TPSA) is 64.4 Å². The molecule has 0 spiro atoms. The summed E-state index contributed by atoms with van der Waals surface area (Å²) in [7, 11) is 0. The molecule has 0 amide bonds. The van der Waals surface area contributed by atoms with Gasteiger partial charge in [-0.1, -0.05) is 24.3 Å². The molecule has 0 aromatic heterocycles. The molecule has 20 heavy (non-hydrogen) atoms. The van der Waals surface area contributed by atoms with Crippen LogP contribution in [0.3, 0.4) is 0 Å². The van der Waals surface area contributed by atoms with Gasteiger partial charge in [0.25, 0.3) is 5.69 Å². The highest BCUT2D eigenvalue weighted by Crippen LogP contribution is 2.24. The summed E-state index contributed by atoms with van der Waals surface area (Å²) < 4.78 is 5.53. The lowest BCUT2D eigenvalue weighted by Gasteiger charge is -2.09. The van der Waals surface area contributed by atoms with Crippen molar-refractivity contribution in [2.75, 3.05) is 18.5 Å². The van der Waals surface area contributed by atoms with E-state index in [2.05, 4.69) is 5.32 Å². The molecule has 0 bridgehead atoms. The van der Waals surface area contributed by atoms with Crippen LogP contribution < -0.4 is 10.1 Å². The lowest BCUT2D eigenvalue weighted by Crippen LogP contribution is -2.12. The largest absolute Gasteiger partial charge is 0.492 e. The van der Waals surface area contributed by atoms with E-state index in [-0.39, 0.29) is 10.6 Å². The van der Waals surface area contributed by atoms with Crippen LogP contribution in [0.1, 0.15) is 5.56 Å². The first-order valence-electron chi connectivity index (χ1n) is 6.33. The Bertz CT molecular complexity index is 585. The second-order valence-corrected chi connectivity index (χ2v) is 4.37. The minimum atomic E-state index is -0.389. The van der Waals surface area contributed by atoms with Crippen molar-refractivity contribution in [2.24, 2.45) is 0 Å². The molecule has 0 aliphatic heterocycles. The molecule has 0 unspecified atom stereocenters. The molecule has 5 nitrogen and oxygen atoms in total. The van der Waals surface area contributed by atoms with Crippen molar-refractivity contribution < 1.29 is 9.66 Å². The molecule has 1 N–H and O–H groups in total. The van der Waals surface area contributed by atoms with Gasteiger partial charge in [-0.3, -0.25) is 10.1 Å². The Labute approximate surface area is 117 Å². The maximum Gasteiger partial charge on any atom is 0.292 e. The molecule has 0 saturated carbocycles. The Hall–Kier alpha value is -2.56. The average Bonchev–Trinajstić information content (AvgIpc) is 2.44. The number of rotatable bonds is 6.